The lowest BCUT2D eigenvalue weighted by Crippen LogP contribution is -2.39. The van der Waals surface area contributed by atoms with E-state index in [9.17, 15) is 17.6 Å². The zero-order valence-corrected chi connectivity index (χ0v) is 17.6. The van der Waals surface area contributed by atoms with Gasteiger partial charge in [-0.1, -0.05) is 42.0 Å². The van der Waals surface area contributed by atoms with Gasteiger partial charge in [0.05, 0.1) is 23.3 Å². The van der Waals surface area contributed by atoms with Gasteiger partial charge in [-0.15, -0.1) is 0 Å². The minimum atomic E-state index is -4.06. The van der Waals surface area contributed by atoms with Crippen molar-refractivity contribution in [3.05, 3.63) is 95.6 Å². The number of carbonyl (C=O) groups excluding carboxylic acids is 1. The van der Waals surface area contributed by atoms with Gasteiger partial charge in [-0.3, -0.25) is 9.78 Å². The van der Waals surface area contributed by atoms with Crippen LogP contribution >= 0.6 is 0 Å². The fraction of sp³-hybridized carbons (Fsp3) is 0.136. The molecule has 7 nitrogen and oxygen atoms in total. The second kappa shape index (κ2) is 10.1. The van der Waals surface area contributed by atoms with Crippen molar-refractivity contribution in [1.82, 2.24) is 14.7 Å². The maximum atomic E-state index is 14.2. The number of hydrogen-bond donors (Lipinski definition) is 1. The number of sulfonamides is 1. The normalized spacial score (nSPS) is 11.7. The van der Waals surface area contributed by atoms with E-state index < -0.39 is 28.3 Å². The maximum Gasteiger partial charge on any atom is 0.255 e. The van der Waals surface area contributed by atoms with Gasteiger partial charge in [-0.25, -0.2) is 18.2 Å². The van der Waals surface area contributed by atoms with Crippen LogP contribution in [0.25, 0.3) is 0 Å². The van der Waals surface area contributed by atoms with Gasteiger partial charge < -0.3 is 0 Å². The Kier molecular flexibility index (Phi) is 7.22. The molecule has 160 valence electrons. The third-order valence-corrected chi connectivity index (χ3v) is 6.16. The van der Waals surface area contributed by atoms with Gasteiger partial charge >= 0.3 is 0 Å². The molecule has 0 bridgehead atoms. The van der Waals surface area contributed by atoms with Crippen LogP contribution in [-0.4, -0.2) is 36.4 Å². The van der Waals surface area contributed by atoms with Gasteiger partial charge in [0, 0.05) is 18.3 Å². The minimum absolute atomic E-state index is 0.0132. The monoisotopic (exact) mass is 440 g/mol. The molecule has 1 amide bonds. The van der Waals surface area contributed by atoms with E-state index in [1.165, 1.54) is 36.5 Å². The van der Waals surface area contributed by atoms with E-state index in [2.05, 4.69) is 15.5 Å². The predicted molar refractivity (Wildman–Crippen MR) is 115 cm³/mol. The van der Waals surface area contributed by atoms with E-state index in [0.717, 1.165) is 9.87 Å². The Morgan fingerprint density at radius 1 is 1.10 bits per heavy atom. The molecular weight excluding hydrogens is 419 g/mol. The standard InChI is InChI=1S/C22H21FN4O3S/c1-17-9-11-20(12-10-17)31(29,30)27(15-18-6-2-3-8-21(18)23)16-22(28)26-25-14-19-7-4-5-13-24-19/h2-14H,15-16H2,1H3,(H,26,28)/b25-14-. The Balaban J connectivity index is 1.81. The summed E-state index contributed by atoms with van der Waals surface area (Å²) in [7, 11) is -4.06. The molecule has 1 aromatic heterocycles. The van der Waals surface area contributed by atoms with Crippen LogP contribution in [0, 0.1) is 12.7 Å². The van der Waals surface area contributed by atoms with Crippen molar-refractivity contribution in [2.24, 2.45) is 5.10 Å². The summed E-state index contributed by atoms with van der Waals surface area (Å²) in [4.78, 5) is 16.5. The number of rotatable bonds is 8. The van der Waals surface area contributed by atoms with Gasteiger partial charge in [-0.05, 0) is 37.3 Å². The van der Waals surface area contributed by atoms with Crippen molar-refractivity contribution < 1.29 is 17.6 Å². The number of aromatic nitrogens is 1. The number of hydrogen-bond acceptors (Lipinski definition) is 5. The molecule has 31 heavy (non-hydrogen) atoms. The molecule has 0 aliphatic carbocycles. The highest BCUT2D eigenvalue weighted by Crippen LogP contribution is 2.20. The Morgan fingerprint density at radius 3 is 2.48 bits per heavy atom. The molecule has 3 rings (SSSR count). The average Bonchev–Trinajstić information content (AvgIpc) is 2.76. The third-order valence-electron chi connectivity index (χ3n) is 4.36. The van der Waals surface area contributed by atoms with Crippen molar-refractivity contribution >= 4 is 22.1 Å². The Hall–Kier alpha value is -3.43. The minimum Gasteiger partial charge on any atom is -0.272 e. The summed E-state index contributed by atoms with van der Waals surface area (Å²) in [6, 6.07) is 17.3. The predicted octanol–water partition coefficient (Wildman–Crippen LogP) is 2.87. The zero-order chi connectivity index (χ0) is 22.3. The van der Waals surface area contributed by atoms with Crippen LogP contribution in [0.2, 0.25) is 0 Å². The molecule has 0 aliphatic heterocycles. The number of nitrogens with zero attached hydrogens (tertiary/aromatic N) is 3. The molecular formula is C22H21FN4O3S. The largest absolute Gasteiger partial charge is 0.272 e. The van der Waals surface area contributed by atoms with Gasteiger partial charge in [0.15, 0.2) is 0 Å². The van der Waals surface area contributed by atoms with E-state index in [1.54, 1.807) is 42.6 Å². The van der Waals surface area contributed by atoms with Gasteiger partial charge in [0.2, 0.25) is 10.0 Å². The SMILES string of the molecule is Cc1ccc(S(=O)(=O)N(CC(=O)N/N=C\c2ccccn2)Cc2ccccc2F)cc1. The van der Waals surface area contributed by atoms with E-state index >= 15 is 0 Å². The molecule has 2 aromatic carbocycles. The van der Waals surface area contributed by atoms with Crippen molar-refractivity contribution in [3.63, 3.8) is 0 Å². The summed E-state index contributed by atoms with van der Waals surface area (Å²) < 4.78 is 41.4. The van der Waals surface area contributed by atoms with Crippen LogP contribution < -0.4 is 5.43 Å². The molecule has 9 heteroatoms. The first kappa shape index (κ1) is 22.3. The molecule has 1 heterocycles. The highest BCUT2D eigenvalue weighted by Gasteiger charge is 2.27. The smallest absolute Gasteiger partial charge is 0.255 e. The maximum absolute atomic E-state index is 14.2. The Labute approximate surface area is 180 Å². The van der Waals surface area contributed by atoms with Crippen LogP contribution in [0.4, 0.5) is 4.39 Å². The van der Waals surface area contributed by atoms with Crippen molar-refractivity contribution in [2.45, 2.75) is 18.4 Å². The number of benzene rings is 2. The van der Waals surface area contributed by atoms with Crippen LogP contribution in [0.1, 0.15) is 16.8 Å². The summed E-state index contributed by atoms with van der Waals surface area (Å²) in [5.41, 5.74) is 3.86. The van der Waals surface area contributed by atoms with Gasteiger partial charge in [0.1, 0.15) is 5.82 Å². The van der Waals surface area contributed by atoms with E-state index in [1.807, 2.05) is 6.92 Å². The first-order valence-corrected chi connectivity index (χ1v) is 10.8. The van der Waals surface area contributed by atoms with Crippen molar-refractivity contribution in [1.29, 1.82) is 0 Å². The van der Waals surface area contributed by atoms with Crippen LogP contribution in [0.3, 0.4) is 0 Å². The van der Waals surface area contributed by atoms with Crippen LogP contribution in [0.15, 0.2) is 82.9 Å². The molecule has 0 radical (unpaired) electrons. The van der Waals surface area contributed by atoms with E-state index in [0.29, 0.717) is 5.69 Å². The third kappa shape index (κ3) is 6.03. The number of halogens is 1. The van der Waals surface area contributed by atoms with Crippen molar-refractivity contribution in [3.8, 4) is 0 Å². The highest BCUT2D eigenvalue weighted by molar-refractivity contribution is 7.89. The van der Waals surface area contributed by atoms with Crippen molar-refractivity contribution in [2.75, 3.05) is 6.54 Å². The second-order valence-corrected chi connectivity index (χ2v) is 8.66. The lowest BCUT2D eigenvalue weighted by Gasteiger charge is -2.22. The molecule has 0 saturated carbocycles. The molecule has 0 aliphatic rings. The summed E-state index contributed by atoms with van der Waals surface area (Å²) in [5.74, 6) is -1.22. The molecule has 0 fully saturated rings. The van der Waals surface area contributed by atoms with Crippen LogP contribution in [-0.2, 0) is 21.4 Å². The number of nitrogens with one attached hydrogen (secondary N) is 1. The zero-order valence-electron chi connectivity index (χ0n) is 16.8. The second-order valence-electron chi connectivity index (χ2n) is 6.73. The van der Waals surface area contributed by atoms with E-state index in [-0.39, 0.29) is 17.0 Å². The molecule has 0 unspecified atom stereocenters. The lowest BCUT2D eigenvalue weighted by atomic mass is 10.2. The fourth-order valence-corrected chi connectivity index (χ4v) is 4.09. The number of pyridine rings is 1. The number of hydrazone groups is 1. The highest BCUT2D eigenvalue weighted by atomic mass is 32.2. The number of aryl methyl sites for hydroxylation is 1. The number of amides is 1. The molecule has 0 atom stereocenters. The van der Waals surface area contributed by atoms with Gasteiger partial charge in [-0.2, -0.15) is 9.41 Å². The molecule has 3 aromatic rings. The first-order chi connectivity index (χ1) is 14.9. The molecule has 1 N–H and O–H groups in total. The van der Waals surface area contributed by atoms with E-state index in [4.69, 9.17) is 0 Å². The molecule has 0 spiro atoms. The Bertz CT molecular complexity index is 1170. The fourth-order valence-electron chi connectivity index (χ4n) is 2.72. The average molecular weight is 441 g/mol. The quantitative estimate of drug-likeness (QED) is 0.431. The summed E-state index contributed by atoms with van der Waals surface area (Å²) in [6.07, 6.45) is 2.92. The summed E-state index contributed by atoms with van der Waals surface area (Å²) in [6.45, 7) is 0.991. The van der Waals surface area contributed by atoms with Crippen LogP contribution in [0.5, 0.6) is 0 Å². The summed E-state index contributed by atoms with van der Waals surface area (Å²) >= 11 is 0. The Morgan fingerprint density at radius 2 is 1.81 bits per heavy atom. The van der Waals surface area contributed by atoms with Gasteiger partial charge in [0.25, 0.3) is 5.91 Å². The molecule has 0 saturated heterocycles. The number of carbonyl (C=O) groups is 1. The lowest BCUT2D eigenvalue weighted by molar-refractivity contribution is -0.121. The first-order valence-electron chi connectivity index (χ1n) is 9.39. The summed E-state index contributed by atoms with van der Waals surface area (Å²) in [5, 5.41) is 3.80. The topological polar surface area (TPSA) is 91.7 Å².